The van der Waals surface area contributed by atoms with Crippen LogP contribution in [0.15, 0.2) is 41.2 Å². The number of amides is 2. The molecule has 3 heterocycles. The molecular weight excluding hydrogens is 420 g/mol. The first-order chi connectivity index (χ1) is 15.8. The summed E-state index contributed by atoms with van der Waals surface area (Å²) in [5.74, 6) is -0.440. The largest absolute Gasteiger partial charge is 0.353 e. The zero-order chi connectivity index (χ0) is 23.7. The number of likely N-dealkylation sites (N-methyl/N-ethyl adjacent to an activating group) is 1. The van der Waals surface area contributed by atoms with E-state index in [9.17, 15) is 14.4 Å². The molecule has 0 bridgehead atoms. The lowest BCUT2D eigenvalue weighted by Gasteiger charge is -2.22. The van der Waals surface area contributed by atoms with E-state index in [-0.39, 0.29) is 42.2 Å². The first-order valence-corrected chi connectivity index (χ1v) is 11.2. The molecule has 1 aliphatic heterocycles. The molecule has 1 atom stereocenters. The minimum absolute atomic E-state index is 0.0149. The van der Waals surface area contributed by atoms with Gasteiger partial charge in [-0.2, -0.15) is 9.61 Å². The van der Waals surface area contributed by atoms with Crippen LogP contribution in [-0.4, -0.2) is 69.0 Å². The van der Waals surface area contributed by atoms with E-state index in [1.54, 1.807) is 15.5 Å². The van der Waals surface area contributed by atoms with Crippen molar-refractivity contribution >= 4 is 17.5 Å². The van der Waals surface area contributed by atoms with Crippen LogP contribution >= 0.6 is 0 Å². The number of hydrogen-bond donors (Lipinski definition) is 1. The minimum atomic E-state index is -0.314. The molecule has 0 aliphatic carbocycles. The van der Waals surface area contributed by atoms with Crippen molar-refractivity contribution in [1.29, 1.82) is 0 Å². The molecule has 1 aromatic carbocycles. The number of carbonyl (C=O) groups is 2. The van der Waals surface area contributed by atoms with E-state index in [1.165, 1.54) is 4.52 Å². The van der Waals surface area contributed by atoms with E-state index >= 15 is 0 Å². The third-order valence-electron chi connectivity index (χ3n) is 6.14. The Labute approximate surface area is 192 Å². The lowest BCUT2D eigenvalue weighted by molar-refractivity contribution is -0.121. The fraction of sp³-hybridized carbons (Fsp3) is 0.417. The summed E-state index contributed by atoms with van der Waals surface area (Å²) < 4.78 is 2.97. The summed E-state index contributed by atoms with van der Waals surface area (Å²) in [6.45, 7) is 5.32. The Morgan fingerprint density at radius 1 is 1.21 bits per heavy atom. The number of hydrogen-bond acceptors (Lipinski definition) is 5. The molecular formula is C24H30N6O3. The topological polar surface area (TPSA) is 91.9 Å². The Morgan fingerprint density at radius 2 is 1.94 bits per heavy atom. The average Bonchev–Trinajstić information content (AvgIpc) is 3.39. The van der Waals surface area contributed by atoms with Crippen LogP contribution in [0.1, 0.15) is 36.3 Å². The lowest BCUT2D eigenvalue weighted by atomic mass is 10.1. The maximum atomic E-state index is 13.4. The highest BCUT2D eigenvalue weighted by atomic mass is 16.2. The summed E-state index contributed by atoms with van der Waals surface area (Å²) in [7, 11) is 3.87. The first-order valence-electron chi connectivity index (χ1n) is 11.2. The predicted molar refractivity (Wildman–Crippen MR) is 126 cm³/mol. The second-order valence-corrected chi connectivity index (χ2v) is 8.73. The SMILES string of the molecule is CCC(C)N1Cc2c(n(CC(=O)NCCN(C)C)c3cc(-c4ccccc4)nn3c2=O)C1=O. The Bertz CT molecular complexity index is 1240. The Balaban J connectivity index is 1.82. The number of nitrogens with one attached hydrogen (secondary N) is 1. The summed E-state index contributed by atoms with van der Waals surface area (Å²) in [5.41, 5.74) is 2.26. The molecule has 9 nitrogen and oxygen atoms in total. The van der Waals surface area contributed by atoms with Crippen LogP contribution < -0.4 is 10.9 Å². The molecule has 33 heavy (non-hydrogen) atoms. The van der Waals surface area contributed by atoms with Crippen molar-refractivity contribution in [3.63, 3.8) is 0 Å². The molecule has 2 aromatic heterocycles. The summed E-state index contributed by atoms with van der Waals surface area (Å²) in [5, 5.41) is 7.44. The summed E-state index contributed by atoms with van der Waals surface area (Å²) in [4.78, 5) is 43.2. The van der Waals surface area contributed by atoms with Crippen molar-refractivity contribution in [2.24, 2.45) is 0 Å². The molecule has 0 saturated carbocycles. The van der Waals surface area contributed by atoms with E-state index in [4.69, 9.17) is 0 Å². The van der Waals surface area contributed by atoms with Gasteiger partial charge in [0.2, 0.25) is 5.91 Å². The Kier molecular flexibility index (Phi) is 6.33. The molecule has 1 N–H and O–H groups in total. The molecule has 1 unspecified atom stereocenters. The van der Waals surface area contributed by atoms with Crippen molar-refractivity contribution in [2.45, 2.75) is 39.4 Å². The van der Waals surface area contributed by atoms with Crippen LogP contribution in [0.2, 0.25) is 0 Å². The Morgan fingerprint density at radius 3 is 2.61 bits per heavy atom. The second kappa shape index (κ2) is 9.19. The van der Waals surface area contributed by atoms with E-state index in [0.717, 1.165) is 12.0 Å². The number of fused-ring (bicyclic) bond motifs is 2. The molecule has 0 saturated heterocycles. The highest BCUT2D eigenvalue weighted by Crippen LogP contribution is 2.27. The molecule has 0 spiro atoms. The summed E-state index contributed by atoms with van der Waals surface area (Å²) in [6.07, 6.45) is 0.772. The van der Waals surface area contributed by atoms with Crippen molar-refractivity contribution in [3.05, 3.63) is 58.0 Å². The fourth-order valence-corrected chi connectivity index (χ4v) is 4.09. The number of nitrogens with zero attached hydrogens (tertiary/aromatic N) is 5. The van der Waals surface area contributed by atoms with Crippen molar-refractivity contribution in [2.75, 3.05) is 27.2 Å². The first kappa shape index (κ1) is 22.7. The highest BCUT2D eigenvalue weighted by Gasteiger charge is 2.36. The van der Waals surface area contributed by atoms with Gasteiger partial charge in [-0.1, -0.05) is 37.3 Å². The quantitative estimate of drug-likeness (QED) is 0.563. The van der Waals surface area contributed by atoms with Crippen LogP contribution in [0.5, 0.6) is 0 Å². The average molecular weight is 451 g/mol. The van der Waals surface area contributed by atoms with Crippen LogP contribution in [0.4, 0.5) is 0 Å². The highest BCUT2D eigenvalue weighted by molar-refractivity contribution is 5.98. The fourth-order valence-electron chi connectivity index (χ4n) is 4.09. The van der Waals surface area contributed by atoms with Gasteiger partial charge in [-0.25, -0.2) is 0 Å². The van der Waals surface area contributed by atoms with Crippen molar-refractivity contribution in [3.8, 4) is 11.3 Å². The Hall–Kier alpha value is -3.46. The normalized spacial score (nSPS) is 14.2. The van der Waals surface area contributed by atoms with Crippen LogP contribution in [0.3, 0.4) is 0 Å². The molecule has 0 radical (unpaired) electrons. The second-order valence-electron chi connectivity index (χ2n) is 8.73. The van der Waals surface area contributed by atoms with Crippen molar-refractivity contribution < 1.29 is 9.59 Å². The zero-order valence-electron chi connectivity index (χ0n) is 19.5. The molecule has 1 aliphatic rings. The number of benzene rings is 1. The molecule has 2 amide bonds. The maximum Gasteiger partial charge on any atom is 0.280 e. The van der Waals surface area contributed by atoms with Gasteiger partial charge < -0.3 is 19.7 Å². The summed E-state index contributed by atoms with van der Waals surface area (Å²) >= 11 is 0. The predicted octanol–water partition coefficient (Wildman–Crippen LogP) is 1.60. The third kappa shape index (κ3) is 4.28. The zero-order valence-corrected chi connectivity index (χ0v) is 19.5. The standard InChI is InChI=1S/C24H30N6O3/c1-5-16(2)28-14-18-22(24(28)33)29(15-20(31)25-11-12-27(3)4)21-13-19(26-30(21)23(18)32)17-9-7-6-8-10-17/h6-10,13,16H,5,11-12,14-15H2,1-4H3,(H,25,31). The van der Waals surface area contributed by atoms with Gasteiger partial charge in [0.05, 0.1) is 17.8 Å². The molecule has 0 fully saturated rings. The van der Waals surface area contributed by atoms with E-state index in [1.807, 2.05) is 63.2 Å². The summed E-state index contributed by atoms with van der Waals surface area (Å²) in [6, 6.07) is 11.3. The number of aromatic nitrogens is 3. The van der Waals surface area contributed by atoms with E-state index in [2.05, 4.69) is 10.4 Å². The van der Waals surface area contributed by atoms with Gasteiger partial charge in [0.15, 0.2) is 0 Å². The van der Waals surface area contributed by atoms with Gasteiger partial charge in [-0.05, 0) is 27.4 Å². The number of rotatable bonds is 8. The molecule has 9 heteroatoms. The van der Waals surface area contributed by atoms with Gasteiger partial charge in [-0.15, -0.1) is 0 Å². The molecule has 4 rings (SSSR count). The van der Waals surface area contributed by atoms with E-state index < -0.39 is 0 Å². The van der Waals surface area contributed by atoms with Crippen LogP contribution in [0, 0.1) is 0 Å². The monoisotopic (exact) mass is 450 g/mol. The van der Waals surface area contributed by atoms with Gasteiger partial charge in [-0.3, -0.25) is 14.4 Å². The van der Waals surface area contributed by atoms with Gasteiger partial charge in [0, 0.05) is 30.8 Å². The van der Waals surface area contributed by atoms with Crippen LogP contribution in [-0.2, 0) is 17.9 Å². The lowest BCUT2D eigenvalue weighted by Crippen LogP contribution is -2.36. The van der Waals surface area contributed by atoms with Gasteiger partial charge >= 0.3 is 0 Å². The van der Waals surface area contributed by atoms with Gasteiger partial charge in [0.1, 0.15) is 17.9 Å². The van der Waals surface area contributed by atoms with Gasteiger partial charge in [0.25, 0.3) is 11.5 Å². The smallest absolute Gasteiger partial charge is 0.280 e. The molecule has 174 valence electrons. The van der Waals surface area contributed by atoms with E-state index in [0.29, 0.717) is 30.0 Å². The molecule has 3 aromatic rings. The minimum Gasteiger partial charge on any atom is -0.353 e. The maximum absolute atomic E-state index is 13.4. The third-order valence-corrected chi connectivity index (χ3v) is 6.14. The number of carbonyl (C=O) groups excluding carboxylic acids is 2. The van der Waals surface area contributed by atoms with Crippen LogP contribution in [0.25, 0.3) is 16.9 Å². The van der Waals surface area contributed by atoms with Crippen molar-refractivity contribution in [1.82, 2.24) is 29.3 Å².